The molecule has 0 aliphatic rings. The van der Waals surface area contributed by atoms with Crippen LogP contribution in [-0.2, 0) is 0 Å². The highest BCUT2D eigenvalue weighted by molar-refractivity contribution is 8.13. The molecule has 0 fully saturated rings. The molecule has 4 heteroatoms. The van der Waals surface area contributed by atoms with Crippen molar-refractivity contribution in [1.82, 2.24) is 4.90 Å². The molecule has 0 atom stereocenters. The van der Waals surface area contributed by atoms with Gasteiger partial charge >= 0.3 is 0 Å². The fourth-order valence-corrected chi connectivity index (χ4v) is 3.68. The summed E-state index contributed by atoms with van der Waals surface area (Å²) in [6.45, 7) is 4.45. The van der Waals surface area contributed by atoms with Gasteiger partial charge in [-0.2, -0.15) is 0 Å². The summed E-state index contributed by atoms with van der Waals surface area (Å²) in [5, 5.41) is 0.146. The van der Waals surface area contributed by atoms with Gasteiger partial charge in [0.1, 0.15) is 0 Å². The van der Waals surface area contributed by atoms with Crippen LogP contribution < -0.4 is 0 Å². The molecule has 1 aromatic carbocycles. The maximum Gasteiger partial charge on any atom is 0.281 e. The van der Waals surface area contributed by atoms with E-state index in [-0.39, 0.29) is 5.24 Å². The van der Waals surface area contributed by atoms with Gasteiger partial charge in [0.15, 0.2) is 0 Å². The lowest BCUT2D eigenvalue weighted by Crippen LogP contribution is -2.16. The van der Waals surface area contributed by atoms with E-state index < -0.39 is 0 Å². The van der Waals surface area contributed by atoms with E-state index in [9.17, 15) is 4.79 Å². The van der Waals surface area contributed by atoms with E-state index in [0.717, 1.165) is 17.9 Å². The minimum absolute atomic E-state index is 0.146. The summed E-state index contributed by atoms with van der Waals surface area (Å²) < 4.78 is 0. The first-order valence-corrected chi connectivity index (χ1v) is 8.55. The molecule has 0 bridgehead atoms. The topological polar surface area (TPSA) is 20.3 Å². The zero-order chi connectivity index (χ0) is 14.3. The molecule has 1 aromatic rings. The van der Waals surface area contributed by atoms with Gasteiger partial charge in [0.2, 0.25) is 0 Å². The Morgan fingerprint density at radius 2 is 1.89 bits per heavy atom. The Bertz CT molecular complexity index is 405. The highest BCUT2D eigenvalue weighted by Crippen LogP contribution is 2.28. The van der Waals surface area contributed by atoms with Gasteiger partial charge in [0, 0.05) is 24.7 Å². The van der Waals surface area contributed by atoms with E-state index in [1.54, 1.807) is 19.0 Å². The standard InChI is InChI=1S/C15H23NOS2/c1-12(2)13-8-5-6-9-14(13)18-10-7-11-19-15(17)16(3)4/h5-6,8-9,12H,7,10-11H2,1-4H3. The lowest BCUT2D eigenvalue weighted by molar-refractivity contribution is 0.241. The molecule has 0 aliphatic heterocycles. The second kappa shape index (κ2) is 8.54. The summed E-state index contributed by atoms with van der Waals surface area (Å²) in [5.41, 5.74) is 1.42. The molecule has 0 saturated carbocycles. The molecule has 0 spiro atoms. The molecular formula is C15H23NOS2. The average molecular weight is 297 g/mol. The van der Waals surface area contributed by atoms with Gasteiger partial charge in [0.05, 0.1) is 0 Å². The van der Waals surface area contributed by atoms with Crippen LogP contribution >= 0.6 is 23.5 Å². The van der Waals surface area contributed by atoms with Crippen LogP contribution in [0.15, 0.2) is 29.2 Å². The first-order chi connectivity index (χ1) is 9.02. The van der Waals surface area contributed by atoms with Crippen LogP contribution in [-0.4, -0.2) is 35.7 Å². The van der Waals surface area contributed by atoms with Crippen LogP contribution in [0.3, 0.4) is 0 Å². The molecule has 19 heavy (non-hydrogen) atoms. The van der Waals surface area contributed by atoms with Crippen LogP contribution in [0, 0.1) is 0 Å². The Morgan fingerprint density at radius 3 is 2.53 bits per heavy atom. The Morgan fingerprint density at radius 1 is 1.21 bits per heavy atom. The second-order valence-corrected chi connectivity index (χ2v) is 7.09. The third-order valence-electron chi connectivity index (χ3n) is 2.68. The summed E-state index contributed by atoms with van der Waals surface area (Å²) in [4.78, 5) is 14.4. The average Bonchev–Trinajstić information content (AvgIpc) is 2.38. The minimum Gasteiger partial charge on any atom is -0.340 e. The van der Waals surface area contributed by atoms with E-state index in [0.29, 0.717) is 5.92 Å². The zero-order valence-corrected chi connectivity index (χ0v) is 13.8. The molecule has 0 aromatic heterocycles. The smallest absolute Gasteiger partial charge is 0.281 e. The zero-order valence-electron chi connectivity index (χ0n) is 12.2. The number of carbonyl (C=O) groups is 1. The summed E-state index contributed by atoms with van der Waals surface area (Å²) in [7, 11) is 3.59. The van der Waals surface area contributed by atoms with Crippen molar-refractivity contribution in [3.63, 3.8) is 0 Å². The molecule has 0 aliphatic carbocycles. The molecule has 0 radical (unpaired) electrons. The number of benzene rings is 1. The first kappa shape index (κ1) is 16.4. The van der Waals surface area contributed by atoms with Gasteiger partial charge < -0.3 is 4.90 Å². The number of thioether (sulfide) groups is 2. The quantitative estimate of drug-likeness (QED) is 0.560. The maximum absolute atomic E-state index is 11.4. The fourth-order valence-electron chi connectivity index (χ4n) is 1.62. The first-order valence-electron chi connectivity index (χ1n) is 6.58. The van der Waals surface area contributed by atoms with Gasteiger partial charge in [-0.25, -0.2) is 0 Å². The summed E-state index contributed by atoms with van der Waals surface area (Å²) in [5.74, 6) is 2.53. The van der Waals surface area contributed by atoms with Crippen molar-refractivity contribution in [2.24, 2.45) is 0 Å². The van der Waals surface area contributed by atoms with Crippen molar-refractivity contribution in [3.05, 3.63) is 29.8 Å². The Labute approximate surface area is 125 Å². The third-order valence-corrected chi connectivity index (χ3v) is 4.96. The van der Waals surface area contributed by atoms with Gasteiger partial charge in [-0.15, -0.1) is 11.8 Å². The summed E-state index contributed by atoms with van der Waals surface area (Å²) in [6, 6.07) is 8.60. The molecule has 1 rings (SSSR count). The minimum atomic E-state index is 0.146. The predicted octanol–water partition coefficient (Wildman–Crippen LogP) is 4.71. The monoisotopic (exact) mass is 297 g/mol. The van der Waals surface area contributed by atoms with Crippen molar-refractivity contribution in [2.75, 3.05) is 25.6 Å². The number of rotatable bonds is 6. The van der Waals surface area contributed by atoms with E-state index in [4.69, 9.17) is 0 Å². The van der Waals surface area contributed by atoms with Gasteiger partial charge in [-0.05, 0) is 29.7 Å². The van der Waals surface area contributed by atoms with E-state index >= 15 is 0 Å². The Kier molecular flexibility index (Phi) is 7.39. The van der Waals surface area contributed by atoms with Crippen LogP contribution in [0.5, 0.6) is 0 Å². The highest BCUT2D eigenvalue weighted by atomic mass is 32.2. The number of hydrogen-bond donors (Lipinski definition) is 0. The number of amides is 1. The van der Waals surface area contributed by atoms with Gasteiger partial charge in [-0.3, -0.25) is 4.79 Å². The Hall–Kier alpha value is -0.610. The molecule has 2 nitrogen and oxygen atoms in total. The van der Waals surface area contributed by atoms with Crippen LogP contribution in [0.1, 0.15) is 31.7 Å². The van der Waals surface area contributed by atoms with Crippen molar-refractivity contribution < 1.29 is 4.79 Å². The fraction of sp³-hybridized carbons (Fsp3) is 0.533. The largest absolute Gasteiger partial charge is 0.340 e. The van der Waals surface area contributed by atoms with Gasteiger partial charge in [0.25, 0.3) is 5.24 Å². The van der Waals surface area contributed by atoms with Crippen molar-refractivity contribution >= 4 is 28.8 Å². The van der Waals surface area contributed by atoms with Crippen molar-refractivity contribution in [3.8, 4) is 0 Å². The summed E-state index contributed by atoms with van der Waals surface area (Å²) in [6.07, 6.45) is 1.06. The number of carbonyl (C=O) groups excluding carboxylic acids is 1. The van der Waals surface area contributed by atoms with E-state index in [1.165, 1.54) is 22.2 Å². The highest BCUT2D eigenvalue weighted by Gasteiger charge is 2.07. The maximum atomic E-state index is 11.4. The molecule has 106 valence electrons. The number of hydrogen-bond acceptors (Lipinski definition) is 3. The molecular weight excluding hydrogens is 274 g/mol. The van der Waals surface area contributed by atoms with Crippen LogP contribution in [0.4, 0.5) is 4.79 Å². The van der Waals surface area contributed by atoms with E-state index in [1.807, 2.05) is 11.8 Å². The lowest BCUT2D eigenvalue weighted by Gasteiger charge is -2.12. The molecule has 0 heterocycles. The predicted molar refractivity (Wildman–Crippen MR) is 87.4 cm³/mol. The normalized spacial score (nSPS) is 10.8. The SMILES string of the molecule is CC(C)c1ccccc1SCCCSC(=O)N(C)C. The van der Waals surface area contributed by atoms with Crippen molar-refractivity contribution in [1.29, 1.82) is 0 Å². The number of nitrogens with zero attached hydrogens (tertiary/aromatic N) is 1. The molecule has 0 N–H and O–H groups in total. The molecule has 0 saturated heterocycles. The van der Waals surface area contributed by atoms with Crippen LogP contribution in [0.25, 0.3) is 0 Å². The Balaban J connectivity index is 2.32. The van der Waals surface area contributed by atoms with Crippen molar-refractivity contribution in [2.45, 2.75) is 31.1 Å². The lowest BCUT2D eigenvalue weighted by atomic mass is 10.0. The molecule has 0 unspecified atom stereocenters. The second-order valence-electron chi connectivity index (χ2n) is 4.90. The third kappa shape index (κ3) is 5.91. The van der Waals surface area contributed by atoms with E-state index in [2.05, 4.69) is 38.1 Å². The summed E-state index contributed by atoms with van der Waals surface area (Å²) >= 11 is 3.30. The van der Waals surface area contributed by atoms with Gasteiger partial charge in [-0.1, -0.05) is 43.8 Å². The van der Waals surface area contributed by atoms with Crippen LogP contribution in [0.2, 0.25) is 0 Å². The molecule has 1 amide bonds.